The SMILES string of the molecule is Nc1cncc(-c2cc3c(-c4nc5c(-c6ccsc6)nccc5[nH]4)n[nH]c3cc2F)c1. The molecule has 0 saturated heterocycles. The molecule has 0 amide bonds. The van der Waals surface area contributed by atoms with Gasteiger partial charge in [-0.15, -0.1) is 0 Å². The van der Waals surface area contributed by atoms with E-state index in [9.17, 15) is 4.39 Å². The Labute approximate surface area is 178 Å². The van der Waals surface area contributed by atoms with Gasteiger partial charge in [0.2, 0.25) is 0 Å². The van der Waals surface area contributed by atoms with Crippen LogP contribution in [-0.4, -0.2) is 30.1 Å². The summed E-state index contributed by atoms with van der Waals surface area (Å²) in [6, 6.07) is 8.74. The molecular formula is C22H14FN7S. The smallest absolute Gasteiger partial charge is 0.159 e. The van der Waals surface area contributed by atoms with E-state index in [0.717, 1.165) is 27.7 Å². The predicted molar refractivity (Wildman–Crippen MR) is 120 cm³/mol. The van der Waals surface area contributed by atoms with Crippen LogP contribution in [0.5, 0.6) is 0 Å². The summed E-state index contributed by atoms with van der Waals surface area (Å²) >= 11 is 1.61. The molecule has 0 spiro atoms. The number of imidazole rings is 1. The van der Waals surface area contributed by atoms with Crippen molar-refractivity contribution in [2.75, 3.05) is 5.73 Å². The summed E-state index contributed by atoms with van der Waals surface area (Å²) in [5, 5.41) is 12.1. The highest BCUT2D eigenvalue weighted by atomic mass is 32.1. The molecule has 5 aromatic heterocycles. The fourth-order valence-corrected chi connectivity index (χ4v) is 4.34. The Hall–Kier alpha value is -4.11. The molecule has 7 nitrogen and oxygen atoms in total. The Bertz CT molecular complexity index is 1570. The van der Waals surface area contributed by atoms with E-state index in [4.69, 9.17) is 10.7 Å². The van der Waals surface area contributed by atoms with E-state index in [-0.39, 0.29) is 5.82 Å². The zero-order valence-corrected chi connectivity index (χ0v) is 16.7. The van der Waals surface area contributed by atoms with Gasteiger partial charge in [-0.2, -0.15) is 16.4 Å². The first kappa shape index (κ1) is 17.7. The Balaban J connectivity index is 1.54. The molecule has 0 aliphatic heterocycles. The summed E-state index contributed by atoms with van der Waals surface area (Å²) in [5.74, 6) is 0.192. The molecule has 0 bridgehead atoms. The Morgan fingerprint density at radius 3 is 2.77 bits per heavy atom. The van der Waals surface area contributed by atoms with Crippen LogP contribution in [-0.2, 0) is 0 Å². The average Bonchev–Trinajstić information content (AvgIpc) is 3.51. The molecule has 0 fully saturated rings. The van der Waals surface area contributed by atoms with Gasteiger partial charge in [0.15, 0.2) is 5.82 Å². The molecule has 0 aliphatic carbocycles. The van der Waals surface area contributed by atoms with E-state index in [0.29, 0.717) is 33.8 Å². The summed E-state index contributed by atoms with van der Waals surface area (Å²) in [7, 11) is 0. The zero-order chi connectivity index (χ0) is 20.9. The maximum absolute atomic E-state index is 14.8. The summed E-state index contributed by atoms with van der Waals surface area (Å²) in [5.41, 5.74) is 11.9. The fourth-order valence-electron chi connectivity index (χ4n) is 3.70. The summed E-state index contributed by atoms with van der Waals surface area (Å²) in [6.07, 6.45) is 4.86. The van der Waals surface area contributed by atoms with Crippen LogP contribution >= 0.6 is 11.3 Å². The number of fused-ring (bicyclic) bond motifs is 2. The van der Waals surface area contributed by atoms with Crippen LogP contribution in [0.1, 0.15) is 0 Å². The molecule has 6 aromatic rings. The van der Waals surface area contributed by atoms with Gasteiger partial charge >= 0.3 is 0 Å². The van der Waals surface area contributed by atoms with E-state index in [2.05, 4.69) is 25.1 Å². The van der Waals surface area contributed by atoms with Gasteiger partial charge in [-0.1, -0.05) is 0 Å². The van der Waals surface area contributed by atoms with Crippen molar-refractivity contribution < 1.29 is 4.39 Å². The third-order valence-electron chi connectivity index (χ3n) is 5.14. The number of hydrogen-bond acceptors (Lipinski definition) is 6. The van der Waals surface area contributed by atoms with E-state index in [1.807, 2.05) is 22.9 Å². The van der Waals surface area contributed by atoms with Gasteiger partial charge in [-0.25, -0.2) is 9.37 Å². The fraction of sp³-hybridized carbons (Fsp3) is 0. The Morgan fingerprint density at radius 2 is 1.94 bits per heavy atom. The first-order valence-corrected chi connectivity index (χ1v) is 10.4. The number of nitrogens with two attached hydrogens (primary N) is 1. The van der Waals surface area contributed by atoms with Crippen LogP contribution in [0.4, 0.5) is 10.1 Å². The van der Waals surface area contributed by atoms with E-state index in [1.54, 1.807) is 35.9 Å². The van der Waals surface area contributed by atoms with Gasteiger partial charge in [-0.05, 0) is 29.6 Å². The first-order valence-electron chi connectivity index (χ1n) is 9.43. The highest BCUT2D eigenvalue weighted by Crippen LogP contribution is 2.34. The number of aromatic nitrogens is 6. The normalized spacial score (nSPS) is 11.5. The van der Waals surface area contributed by atoms with Gasteiger partial charge in [0.25, 0.3) is 0 Å². The van der Waals surface area contributed by atoms with E-state index in [1.165, 1.54) is 12.3 Å². The highest BCUT2D eigenvalue weighted by molar-refractivity contribution is 7.08. The molecule has 5 heterocycles. The minimum Gasteiger partial charge on any atom is -0.397 e. The van der Waals surface area contributed by atoms with Crippen LogP contribution < -0.4 is 5.73 Å². The number of nitrogens with one attached hydrogen (secondary N) is 2. The lowest BCUT2D eigenvalue weighted by Gasteiger charge is -2.05. The number of nitrogen functional groups attached to an aromatic ring is 1. The Morgan fingerprint density at radius 1 is 1.00 bits per heavy atom. The van der Waals surface area contributed by atoms with E-state index < -0.39 is 0 Å². The molecule has 1 aromatic carbocycles. The van der Waals surface area contributed by atoms with Crippen LogP contribution in [0.3, 0.4) is 0 Å². The molecule has 0 saturated carbocycles. The maximum Gasteiger partial charge on any atom is 0.159 e. The lowest BCUT2D eigenvalue weighted by molar-refractivity contribution is 0.633. The largest absolute Gasteiger partial charge is 0.397 e. The molecule has 31 heavy (non-hydrogen) atoms. The molecule has 6 rings (SSSR count). The lowest BCUT2D eigenvalue weighted by Crippen LogP contribution is -1.90. The van der Waals surface area contributed by atoms with Crippen molar-refractivity contribution in [3.05, 3.63) is 65.5 Å². The quantitative estimate of drug-likeness (QED) is 0.368. The van der Waals surface area contributed by atoms with Crippen molar-refractivity contribution in [1.29, 1.82) is 0 Å². The van der Waals surface area contributed by atoms with Crippen LogP contribution in [0.25, 0.3) is 55.8 Å². The molecule has 0 unspecified atom stereocenters. The predicted octanol–water partition coefficient (Wildman–Crippen LogP) is 5.01. The van der Waals surface area contributed by atoms with Crippen LogP contribution in [0, 0.1) is 5.82 Å². The van der Waals surface area contributed by atoms with Gasteiger partial charge < -0.3 is 10.7 Å². The highest BCUT2D eigenvalue weighted by Gasteiger charge is 2.18. The Kier molecular flexibility index (Phi) is 3.84. The van der Waals surface area contributed by atoms with Crippen LogP contribution in [0.15, 0.2) is 59.7 Å². The monoisotopic (exact) mass is 427 g/mol. The number of benzene rings is 1. The van der Waals surface area contributed by atoms with Crippen molar-refractivity contribution in [3.8, 4) is 33.9 Å². The first-order chi connectivity index (χ1) is 15.2. The molecule has 0 atom stereocenters. The second kappa shape index (κ2) is 6.71. The minimum atomic E-state index is -0.386. The molecule has 4 N–H and O–H groups in total. The number of pyridine rings is 2. The maximum atomic E-state index is 14.8. The molecule has 9 heteroatoms. The number of anilines is 1. The number of H-pyrrole nitrogens is 2. The molecule has 0 radical (unpaired) electrons. The van der Waals surface area contributed by atoms with Crippen molar-refractivity contribution >= 4 is 39.0 Å². The second-order valence-corrected chi connectivity index (χ2v) is 7.89. The molecule has 0 aliphatic rings. The van der Waals surface area contributed by atoms with E-state index >= 15 is 0 Å². The third-order valence-corrected chi connectivity index (χ3v) is 5.82. The third kappa shape index (κ3) is 2.86. The minimum absolute atomic E-state index is 0.386. The second-order valence-electron chi connectivity index (χ2n) is 7.11. The van der Waals surface area contributed by atoms with Crippen molar-refractivity contribution in [1.82, 2.24) is 30.1 Å². The number of aromatic amines is 2. The number of halogens is 1. The van der Waals surface area contributed by atoms with Gasteiger partial charge in [0.05, 0.1) is 22.4 Å². The van der Waals surface area contributed by atoms with Gasteiger partial charge in [-0.3, -0.25) is 15.1 Å². The summed E-state index contributed by atoms with van der Waals surface area (Å²) in [6.45, 7) is 0. The number of nitrogens with zero attached hydrogens (tertiary/aromatic N) is 4. The number of rotatable bonds is 3. The average molecular weight is 427 g/mol. The number of thiophene rings is 1. The lowest BCUT2D eigenvalue weighted by atomic mass is 10.0. The zero-order valence-electron chi connectivity index (χ0n) is 15.9. The summed E-state index contributed by atoms with van der Waals surface area (Å²) in [4.78, 5) is 16.7. The topological polar surface area (TPSA) is 109 Å². The van der Waals surface area contributed by atoms with Gasteiger partial charge in [0.1, 0.15) is 17.0 Å². The number of hydrogen-bond donors (Lipinski definition) is 3. The van der Waals surface area contributed by atoms with Gasteiger partial charge in [0, 0.05) is 52.1 Å². The molecule has 150 valence electrons. The molecular weight excluding hydrogens is 413 g/mol. The van der Waals surface area contributed by atoms with Crippen LogP contribution in [0.2, 0.25) is 0 Å². The summed E-state index contributed by atoms with van der Waals surface area (Å²) < 4.78 is 14.8. The van der Waals surface area contributed by atoms with Crippen molar-refractivity contribution in [2.24, 2.45) is 0 Å². The van der Waals surface area contributed by atoms with Crippen molar-refractivity contribution in [3.63, 3.8) is 0 Å². The van der Waals surface area contributed by atoms with Crippen molar-refractivity contribution in [2.45, 2.75) is 0 Å². The standard InChI is InChI=1S/C22H14FN7S/c23-16-7-18-15(6-14(16)12-5-13(24)9-25-8-12)20(30-29-18)22-27-17-1-3-26-19(21(17)28-22)11-2-4-31-10-11/h1-10H,24H2,(H,27,28)(H,29,30).